The molecule has 2 aromatic rings. The Morgan fingerprint density at radius 1 is 0.958 bits per heavy atom. The van der Waals surface area contributed by atoms with Gasteiger partial charge in [-0.15, -0.1) is 0 Å². The third kappa shape index (κ3) is 4.83. The molecule has 0 radical (unpaired) electrons. The third-order valence-electron chi connectivity index (χ3n) is 3.54. The fourth-order valence-electron chi connectivity index (χ4n) is 2.25. The second-order valence-electron chi connectivity index (χ2n) is 5.43. The lowest BCUT2D eigenvalue weighted by Crippen LogP contribution is -2.26. The molecule has 128 valence electrons. The number of para-hydroxylation sites is 1. The van der Waals surface area contributed by atoms with Crippen molar-refractivity contribution in [2.75, 3.05) is 11.3 Å². The molecule has 0 saturated carbocycles. The van der Waals surface area contributed by atoms with E-state index in [0.29, 0.717) is 12.1 Å². The van der Waals surface area contributed by atoms with E-state index >= 15 is 0 Å². The summed E-state index contributed by atoms with van der Waals surface area (Å²) >= 11 is 0. The molecule has 0 aliphatic rings. The normalized spacial score (nSPS) is 11.0. The second kappa shape index (κ2) is 8.49. The van der Waals surface area contributed by atoms with E-state index in [-0.39, 0.29) is 16.5 Å². The lowest BCUT2D eigenvalue weighted by molar-refractivity contribution is 0.0954. The van der Waals surface area contributed by atoms with Gasteiger partial charge in [-0.25, -0.2) is 8.42 Å². The van der Waals surface area contributed by atoms with Crippen LogP contribution in [-0.2, 0) is 10.0 Å². The van der Waals surface area contributed by atoms with Crippen LogP contribution in [0.2, 0.25) is 0 Å². The van der Waals surface area contributed by atoms with Crippen LogP contribution in [0, 0.1) is 0 Å². The summed E-state index contributed by atoms with van der Waals surface area (Å²) in [6.45, 7) is 2.67. The highest BCUT2D eigenvalue weighted by Gasteiger charge is 2.18. The largest absolute Gasteiger partial charge is 0.352 e. The van der Waals surface area contributed by atoms with Crippen molar-refractivity contribution in [3.05, 3.63) is 60.2 Å². The van der Waals surface area contributed by atoms with Crippen LogP contribution in [0.5, 0.6) is 0 Å². The van der Waals surface area contributed by atoms with Crippen LogP contribution in [0.4, 0.5) is 5.69 Å². The van der Waals surface area contributed by atoms with Gasteiger partial charge in [0.1, 0.15) is 0 Å². The van der Waals surface area contributed by atoms with E-state index in [1.54, 1.807) is 42.5 Å². The van der Waals surface area contributed by atoms with Crippen molar-refractivity contribution in [1.82, 2.24) is 5.32 Å². The SMILES string of the molecule is CCCCCNC(=O)c1ccccc1NS(=O)(=O)c1ccccc1. The molecule has 0 saturated heterocycles. The Labute approximate surface area is 143 Å². The topological polar surface area (TPSA) is 75.3 Å². The van der Waals surface area contributed by atoms with Crippen molar-refractivity contribution < 1.29 is 13.2 Å². The van der Waals surface area contributed by atoms with Gasteiger partial charge in [-0.05, 0) is 30.7 Å². The molecule has 1 amide bonds. The number of hydrogen-bond acceptors (Lipinski definition) is 3. The van der Waals surface area contributed by atoms with Crippen molar-refractivity contribution in [2.24, 2.45) is 0 Å². The molecule has 2 N–H and O–H groups in total. The van der Waals surface area contributed by atoms with E-state index in [0.717, 1.165) is 19.3 Å². The zero-order chi connectivity index (χ0) is 17.4. The van der Waals surface area contributed by atoms with E-state index in [1.807, 2.05) is 0 Å². The Bertz CT molecular complexity index is 774. The molecular weight excluding hydrogens is 324 g/mol. The Balaban J connectivity index is 2.15. The first-order valence-electron chi connectivity index (χ1n) is 7.99. The highest BCUT2D eigenvalue weighted by Crippen LogP contribution is 2.20. The first-order chi connectivity index (χ1) is 11.5. The molecule has 0 atom stereocenters. The number of carbonyl (C=O) groups excluding carboxylic acids is 1. The molecule has 0 aliphatic carbocycles. The van der Waals surface area contributed by atoms with E-state index < -0.39 is 10.0 Å². The third-order valence-corrected chi connectivity index (χ3v) is 4.92. The first-order valence-corrected chi connectivity index (χ1v) is 9.48. The maximum absolute atomic E-state index is 12.4. The van der Waals surface area contributed by atoms with Crippen LogP contribution < -0.4 is 10.0 Å². The highest BCUT2D eigenvalue weighted by atomic mass is 32.2. The average molecular weight is 346 g/mol. The second-order valence-corrected chi connectivity index (χ2v) is 7.11. The molecule has 6 heteroatoms. The van der Waals surface area contributed by atoms with E-state index in [4.69, 9.17) is 0 Å². The lowest BCUT2D eigenvalue weighted by Gasteiger charge is -2.12. The van der Waals surface area contributed by atoms with Crippen molar-refractivity contribution in [1.29, 1.82) is 0 Å². The molecule has 0 fully saturated rings. The summed E-state index contributed by atoms with van der Waals surface area (Å²) in [5, 5.41) is 2.83. The summed E-state index contributed by atoms with van der Waals surface area (Å²) < 4.78 is 27.4. The predicted octanol–water partition coefficient (Wildman–Crippen LogP) is 3.41. The summed E-state index contributed by atoms with van der Waals surface area (Å²) in [5.74, 6) is -0.280. The number of unbranched alkanes of at least 4 members (excludes halogenated alkanes) is 2. The van der Waals surface area contributed by atoms with E-state index in [1.165, 1.54) is 12.1 Å². The molecule has 0 bridgehead atoms. The van der Waals surface area contributed by atoms with Gasteiger partial charge in [0.05, 0.1) is 16.1 Å². The predicted molar refractivity (Wildman–Crippen MR) is 95.6 cm³/mol. The van der Waals surface area contributed by atoms with E-state index in [9.17, 15) is 13.2 Å². The van der Waals surface area contributed by atoms with Gasteiger partial charge in [0.2, 0.25) is 0 Å². The minimum atomic E-state index is -3.73. The maximum atomic E-state index is 12.4. The lowest BCUT2D eigenvalue weighted by atomic mass is 10.1. The smallest absolute Gasteiger partial charge is 0.261 e. The van der Waals surface area contributed by atoms with Gasteiger partial charge >= 0.3 is 0 Å². The molecular formula is C18H22N2O3S. The van der Waals surface area contributed by atoms with Crippen LogP contribution >= 0.6 is 0 Å². The van der Waals surface area contributed by atoms with Crippen LogP contribution in [0.15, 0.2) is 59.5 Å². The number of anilines is 1. The molecule has 0 aliphatic heterocycles. The quantitative estimate of drug-likeness (QED) is 0.719. The Kier molecular flexibility index (Phi) is 6.37. The van der Waals surface area contributed by atoms with Gasteiger partial charge in [-0.1, -0.05) is 50.1 Å². The Morgan fingerprint density at radius 3 is 2.33 bits per heavy atom. The molecule has 5 nitrogen and oxygen atoms in total. The van der Waals surface area contributed by atoms with Crippen molar-refractivity contribution in [2.45, 2.75) is 31.1 Å². The molecule has 0 heterocycles. The first kappa shape index (κ1) is 18.0. The molecule has 24 heavy (non-hydrogen) atoms. The number of carbonyl (C=O) groups is 1. The minimum absolute atomic E-state index is 0.156. The van der Waals surface area contributed by atoms with Crippen LogP contribution in [0.3, 0.4) is 0 Å². The number of sulfonamides is 1. The fourth-order valence-corrected chi connectivity index (χ4v) is 3.35. The number of amides is 1. The number of hydrogen-bond donors (Lipinski definition) is 2. The van der Waals surface area contributed by atoms with Gasteiger partial charge in [0.15, 0.2) is 0 Å². The molecule has 0 spiro atoms. The van der Waals surface area contributed by atoms with Crippen molar-refractivity contribution in [3.63, 3.8) is 0 Å². The summed E-state index contributed by atoms with van der Waals surface area (Å²) in [6.07, 6.45) is 3.02. The van der Waals surface area contributed by atoms with Gasteiger partial charge in [-0.2, -0.15) is 0 Å². The van der Waals surface area contributed by atoms with Gasteiger partial charge < -0.3 is 5.32 Å². The van der Waals surface area contributed by atoms with Crippen LogP contribution in [-0.4, -0.2) is 20.9 Å². The Hall–Kier alpha value is -2.34. The summed E-state index contributed by atoms with van der Waals surface area (Å²) in [4.78, 5) is 12.5. The zero-order valence-corrected chi connectivity index (χ0v) is 14.5. The van der Waals surface area contributed by atoms with Crippen LogP contribution in [0.1, 0.15) is 36.5 Å². The number of rotatable bonds is 8. The summed E-state index contributed by atoms with van der Waals surface area (Å²) in [6, 6.07) is 14.7. The van der Waals surface area contributed by atoms with E-state index in [2.05, 4.69) is 17.0 Å². The van der Waals surface area contributed by atoms with Crippen molar-refractivity contribution in [3.8, 4) is 0 Å². The summed E-state index contributed by atoms with van der Waals surface area (Å²) in [7, 11) is -3.73. The summed E-state index contributed by atoms with van der Waals surface area (Å²) in [5.41, 5.74) is 0.586. The van der Waals surface area contributed by atoms with Crippen LogP contribution in [0.25, 0.3) is 0 Å². The van der Waals surface area contributed by atoms with Gasteiger partial charge in [-0.3, -0.25) is 9.52 Å². The van der Waals surface area contributed by atoms with Gasteiger partial charge in [0.25, 0.3) is 15.9 Å². The zero-order valence-electron chi connectivity index (χ0n) is 13.7. The molecule has 0 aromatic heterocycles. The standard InChI is InChI=1S/C18H22N2O3S/c1-2-3-9-14-19-18(21)16-12-7-8-13-17(16)20-24(22,23)15-10-5-4-6-11-15/h4-8,10-13,20H,2-3,9,14H2,1H3,(H,19,21). The molecule has 0 unspecified atom stereocenters. The Morgan fingerprint density at radius 2 is 1.62 bits per heavy atom. The monoisotopic (exact) mass is 346 g/mol. The van der Waals surface area contributed by atoms with Crippen molar-refractivity contribution >= 4 is 21.6 Å². The highest BCUT2D eigenvalue weighted by molar-refractivity contribution is 7.92. The maximum Gasteiger partial charge on any atom is 0.261 e. The average Bonchev–Trinajstić information content (AvgIpc) is 2.59. The number of nitrogens with one attached hydrogen (secondary N) is 2. The number of benzene rings is 2. The minimum Gasteiger partial charge on any atom is -0.352 e. The van der Waals surface area contributed by atoms with Gasteiger partial charge in [0, 0.05) is 6.54 Å². The molecule has 2 rings (SSSR count). The molecule has 2 aromatic carbocycles. The fraction of sp³-hybridized carbons (Fsp3) is 0.278.